The molecule has 2 heterocycles. The summed E-state index contributed by atoms with van der Waals surface area (Å²) in [4.78, 5) is 0. The number of anilines is 2. The van der Waals surface area contributed by atoms with Crippen LogP contribution in [0.1, 0.15) is 0 Å². The van der Waals surface area contributed by atoms with Gasteiger partial charge >= 0.3 is 0 Å². The van der Waals surface area contributed by atoms with E-state index in [9.17, 15) is 0 Å². The summed E-state index contributed by atoms with van der Waals surface area (Å²) in [6.07, 6.45) is 0. The summed E-state index contributed by atoms with van der Waals surface area (Å²) in [6.45, 7) is 0. The number of hydrogen-bond acceptors (Lipinski definition) is 2. The standard InChI is InChI=1S/C36H24N2S/c1-3-11-24(12-4-1)30-23-26(19-21-31(30)37-25-13-5-2-6-14-25)38-32-17-9-7-16-29(32)35-33(38)22-20-28-27-15-8-10-18-34(27)39-36(28)35/h1-23,37H. The lowest BCUT2D eigenvalue weighted by molar-refractivity contribution is 1.18. The first-order valence-corrected chi connectivity index (χ1v) is 14.0. The number of benzene rings is 6. The SMILES string of the molecule is c1ccc(Nc2ccc(-n3c4ccccc4c4c5sc6ccccc6c5ccc43)cc2-c2ccccc2)cc1. The Balaban J connectivity index is 1.41. The quantitative estimate of drug-likeness (QED) is 0.246. The fraction of sp³-hybridized carbons (Fsp3) is 0. The summed E-state index contributed by atoms with van der Waals surface area (Å²) in [7, 11) is 0. The molecular formula is C36H24N2S. The highest BCUT2D eigenvalue weighted by molar-refractivity contribution is 7.26. The maximum Gasteiger partial charge on any atom is 0.0555 e. The van der Waals surface area contributed by atoms with Crippen LogP contribution in [0.5, 0.6) is 0 Å². The first-order chi connectivity index (χ1) is 19.3. The topological polar surface area (TPSA) is 17.0 Å². The van der Waals surface area contributed by atoms with E-state index in [0.29, 0.717) is 0 Å². The minimum Gasteiger partial charge on any atom is -0.355 e. The lowest BCUT2D eigenvalue weighted by Gasteiger charge is -2.16. The van der Waals surface area contributed by atoms with Crippen molar-refractivity contribution < 1.29 is 0 Å². The van der Waals surface area contributed by atoms with Crippen LogP contribution in [0.25, 0.3) is 58.8 Å². The number of para-hydroxylation sites is 2. The molecule has 0 bridgehead atoms. The predicted molar refractivity (Wildman–Crippen MR) is 169 cm³/mol. The molecule has 0 spiro atoms. The first-order valence-electron chi connectivity index (χ1n) is 13.2. The van der Waals surface area contributed by atoms with Gasteiger partial charge in [0.1, 0.15) is 0 Å². The fourth-order valence-corrected chi connectivity index (χ4v) is 7.09. The summed E-state index contributed by atoms with van der Waals surface area (Å²) >= 11 is 1.89. The van der Waals surface area contributed by atoms with E-state index in [-0.39, 0.29) is 0 Å². The van der Waals surface area contributed by atoms with Crippen molar-refractivity contribution in [3.63, 3.8) is 0 Å². The average molecular weight is 517 g/mol. The van der Waals surface area contributed by atoms with Gasteiger partial charge in [0.2, 0.25) is 0 Å². The summed E-state index contributed by atoms with van der Waals surface area (Å²) < 4.78 is 5.11. The Morgan fingerprint density at radius 1 is 0.538 bits per heavy atom. The van der Waals surface area contributed by atoms with Gasteiger partial charge in [-0.15, -0.1) is 11.3 Å². The van der Waals surface area contributed by atoms with Gasteiger partial charge in [-0.2, -0.15) is 0 Å². The van der Waals surface area contributed by atoms with Crippen molar-refractivity contribution in [1.82, 2.24) is 4.57 Å². The Kier molecular flexibility index (Phi) is 5.04. The maximum absolute atomic E-state index is 3.65. The predicted octanol–water partition coefficient (Wildman–Crippen LogP) is 10.6. The first kappa shape index (κ1) is 22.2. The molecule has 0 saturated carbocycles. The second kappa shape index (κ2) is 8.87. The molecule has 0 amide bonds. The van der Waals surface area contributed by atoms with Crippen molar-refractivity contribution in [2.45, 2.75) is 0 Å². The van der Waals surface area contributed by atoms with E-state index in [1.54, 1.807) is 0 Å². The monoisotopic (exact) mass is 516 g/mol. The van der Waals surface area contributed by atoms with Crippen molar-refractivity contribution >= 4 is 64.7 Å². The molecule has 6 aromatic carbocycles. The highest BCUT2D eigenvalue weighted by Gasteiger charge is 2.18. The van der Waals surface area contributed by atoms with Gasteiger partial charge in [-0.05, 0) is 54.1 Å². The normalized spacial score (nSPS) is 11.6. The molecule has 2 nitrogen and oxygen atoms in total. The molecule has 0 radical (unpaired) electrons. The summed E-state index contributed by atoms with van der Waals surface area (Å²) in [5.41, 5.74) is 8.13. The van der Waals surface area contributed by atoms with Crippen molar-refractivity contribution in [2.24, 2.45) is 0 Å². The van der Waals surface area contributed by atoms with Gasteiger partial charge in [-0.3, -0.25) is 0 Å². The minimum atomic E-state index is 1.08. The van der Waals surface area contributed by atoms with Gasteiger partial charge < -0.3 is 9.88 Å². The van der Waals surface area contributed by atoms with Gasteiger partial charge in [0.25, 0.3) is 0 Å². The fourth-order valence-electron chi connectivity index (χ4n) is 5.83. The zero-order valence-electron chi connectivity index (χ0n) is 21.1. The summed E-state index contributed by atoms with van der Waals surface area (Å²) in [5.74, 6) is 0. The van der Waals surface area contributed by atoms with Gasteiger partial charge in [-0.1, -0.05) is 91.0 Å². The van der Waals surface area contributed by atoms with Crippen molar-refractivity contribution in [2.75, 3.05) is 5.32 Å². The summed E-state index contributed by atoms with van der Waals surface area (Å²) in [5, 5.41) is 8.93. The largest absolute Gasteiger partial charge is 0.355 e. The Labute approximate surface area is 230 Å². The average Bonchev–Trinajstić information content (AvgIpc) is 3.54. The van der Waals surface area contributed by atoms with Gasteiger partial charge in [-0.25, -0.2) is 0 Å². The van der Waals surface area contributed by atoms with Crippen LogP contribution in [0.15, 0.2) is 140 Å². The molecule has 8 rings (SSSR count). The number of aromatic nitrogens is 1. The second-order valence-electron chi connectivity index (χ2n) is 9.87. The highest BCUT2D eigenvalue weighted by atomic mass is 32.1. The van der Waals surface area contributed by atoms with Crippen LogP contribution in [0.3, 0.4) is 0 Å². The lowest BCUT2D eigenvalue weighted by Crippen LogP contribution is -1.98. The molecule has 0 aliphatic rings. The number of nitrogens with one attached hydrogen (secondary N) is 1. The van der Waals surface area contributed by atoms with Gasteiger partial charge in [0.05, 0.1) is 11.0 Å². The maximum atomic E-state index is 3.65. The van der Waals surface area contributed by atoms with Crippen LogP contribution >= 0.6 is 11.3 Å². The van der Waals surface area contributed by atoms with Crippen LogP contribution in [0.2, 0.25) is 0 Å². The molecule has 3 heteroatoms. The minimum absolute atomic E-state index is 1.08. The van der Waals surface area contributed by atoms with Crippen LogP contribution in [-0.4, -0.2) is 4.57 Å². The number of thiophene rings is 1. The molecule has 1 N–H and O–H groups in total. The van der Waals surface area contributed by atoms with Crippen LogP contribution in [0.4, 0.5) is 11.4 Å². The molecule has 8 aromatic rings. The van der Waals surface area contributed by atoms with E-state index in [1.807, 2.05) is 17.4 Å². The number of rotatable bonds is 4. The molecule has 0 saturated heterocycles. The third-order valence-electron chi connectivity index (χ3n) is 7.58. The molecule has 184 valence electrons. The third kappa shape index (κ3) is 3.55. The van der Waals surface area contributed by atoms with E-state index in [4.69, 9.17) is 0 Å². The molecule has 39 heavy (non-hydrogen) atoms. The lowest BCUT2D eigenvalue weighted by atomic mass is 10.0. The highest BCUT2D eigenvalue weighted by Crippen LogP contribution is 2.44. The Bertz CT molecular complexity index is 2140. The number of fused-ring (bicyclic) bond motifs is 7. The molecule has 0 aliphatic carbocycles. The third-order valence-corrected chi connectivity index (χ3v) is 8.78. The Hall–Kier alpha value is -4.86. The number of hydrogen-bond donors (Lipinski definition) is 1. The van der Waals surface area contributed by atoms with E-state index in [0.717, 1.165) is 17.1 Å². The number of nitrogens with zero attached hydrogens (tertiary/aromatic N) is 1. The molecule has 0 atom stereocenters. The van der Waals surface area contributed by atoms with Crippen LogP contribution < -0.4 is 5.32 Å². The molecule has 0 fully saturated rings. The van der Waals surface area contributed by atoms with Crippen molar-refractivity contribution in [1.29, 1.82) is 0 Å². The van der Waals surface area contributed by atoms with Crippen molar-refractivity contribution in [3.05, 3.63) is 140 Å². The molecular weight excluding hydrogens is 492 g/mol. The zero-order chi connectivity index (χ0) is 25.8. The van der Waals surface area contributed by atoms with E-state index in [2.05, 4.69) is 143 Å². The van der Waals surface area contributed by atoms with Crippen molar-refractivity contribution in [3.8, 4) is 16.8 Å². The van der Waals surface area contributed by atoms with Gasteiger partial charge in [0, 0.05) is 53.6 Å². The summed E-state index contributed by atoms with van der Waals surface area (Å²) in [6, 6.07) is 49.9. The van der Waals surface area contributed by atoms with E-state index in [1.165, 1.54) is 53.1 Å². The molecule has 0 aliphatic heterocycles. The molecule has 0 unspecified atom stereocenters. The second-order valence-corrected chi connectivity index (χ2v) is 10.9. The smallest absolute Gasteiger partial charge is 0.0555 e. The van der Waals surface area contributed by atoms with E-state index < -0.39 is 0 Å². The van der Waals surface area contributed by atoms with Crippen LogP contribution in [-0.2, 0) is 0 Å². The Morgan fingerprint density at radius 3 is 2.10 bits per heavy atom. The molecule has 2 aromatic heterocycles. The van der Waals surface area contributed by atoms with E-state index >= 15 is 0 Å². The zero-order valence-corrected chi connectivity index (χ0v) is 22.0. The Morgan fingerprint density at radius 2 is 1.26 bits per heavy atom. The van der Waals surface area contributed by atoms with Gasteiger partial charge in [0.15, 0.2) is 0 Å². The van der Waals surface area contributed by atoms with Crippen LogP contribution in [0, 0.1) is 0 Å².